The molecule has 12 rings (SSSR count). The van der Waals surface area contributed by atoms with Gasteiger partial charge in [-0.1, -0.05) is 205 Å². The van der Waals surface area contributed by atoms with Crippen molar-refractivity contribution in [3.8, 4) is 101 Å². The molecule has 0 aliphatic heterocycles. The zero-order valence-corrected chi connectivity index (χ0v) is 44.8. The molecule has 0 N–H and O–H groups in total. The summed E-state index contributed by atoms with van der Waals surface area (Å²) in [4.78, 5) is 15.0. The van der Waals surface area contributed by atoms with E-state index < -0.39 is 0 Å². The molecule has 3 nitrogen and oxygen atoms in total. The van der Waals surface area contributed by atoms with E-state index in [-0.39, 0.29) is 20.1 Å². The van der Waals surface area contributed by atoms with E-state index >= 15 is 0 Å². The first-order chi connectivity index (χ1) is 37.6. The summed E-state index contributed by atoms with van der Waals surface area (Å²) in [5.74, 6) is 0. The molecule has 0 bridgehead atoms. The molecule has 3 aromatic heterocycles. The first kappa shape index (κ1) is 50.2. The summed E-state index contributed by atoms with van der Waals surface area (Å²) >= 11 is 0. The van der Waals surface area contributed by atoms with Crippen molar-refractivity contribution in [1.82, 2.24) is 15.0 Å². The summed E-state index contributed by atoms with van der Waals surface area (Å²) < 4.78 is 0. The van der Waals surface area contributed by atoms with Gasteiger partial charge in [-0.3, -0.25) is 0 Å². The third-order valence-electron chi connectivity index (χ3n) is 14.2. The van der Waals surface area contributed by atoms with Crippen molar-refractivity contribution in [3.63, 3.8) is 0 Å². The Bertz CT molecular complexity index is 3760. The molecule has 0 radical (unpaired) electrons. The van der Waals surface area contributed by atoms with Crippen LogP contribution in [0.4, 0.5) is 0 Å². The van der Waals surface area contributed by atoms with E-state index in [0.717, 1.165) is 110 Å². The number of rotatable bonds is 15. The Labute approximate surface area is 466 Å². The summed E-state index contributed by atoms with van der Waals surface area (Å²) in [5, 5.41) is 0. The maximum Gasteiger partial charge on any atom is 3.00 e. The fourth-order valence-corrected chi connectivity index (χ4v) is 10.2. The Balaban J connectivity index is 0.00000631. The second-order valence-electron chi connectivity index (χ2n) is 19.2. The molecule has 12 aromatic rings. The number of hydrogen-bond donors (Lipinski definition) is 0. The summed E-state index contributed by atoms with van der Waals surface area (Å²) in [6.45, 7) is 0. The standard InChI is InChI=1S/C73H52N3.Ir/c1-6-18-56(19-7-1)57-36-38-60(39-37-57)69-48-73(63-40-41-66(58-20-8-2-9-21-58)68(47-63)59-22-10-3-11-23-59)76-51-70(69)67-29-17-16-28-65(67)64-45-54(32-30-52-34-42-71(74-49-52)61-24-12-4-13-25-61)44-55(46-64)33-31-53-35-43-72(75-50-53)62-26-14-5-15-27-62;/h1-24,26,28-29,34-39,41-51H,30-33H2;/q-3;+3. The normalized spacial score (nSPS) is 11.0. The van der Waals surface area contributed by atoms with E-state index in [1.165, 1.54) is 38.9 Å². The van der Waals surface area contributed by atoms with Gasteiger partial charge >= 0.3 is 20.1 Å². The second kappa shape index (κ2) is 23.7. The molecule has 0 spiro atoms. The number of aryl methyl sites for hydroxylation is 4. The first-order valence-corrected chi connectivity index (χ1v) is 26.0. The SMILES string of the molecule is [Ir+3].[c-]1ccccc1-c1ccc(CCc2cc(CCc3ccc(-c4[c-]cccc4)nc3)cc(-c3ccccc3-c3cnc(-c4[c-]cc(-c5ccccc5)c(-c5ccccc5)c4)cc3-c3ccc(-c4ccccc4)cc3)c2)cn1. The smallest absolute Gasteiger partial charge is 0.304 e. The number of pyridine rings is 3. The molecule has 0 aliphatic carbocycles. The minimum absolute atomic E-state index is 0. The fraction of sp³-hybridized carbons (Fsp3) is 0.0548. The topological polar surface area (TPSA) is 38.7 Å². The van der Waals surface area contributed by atoms with Gasteiger partial charge in [0.05, 0.1) is 0 Å². The molecular weight excluding hydrogens is 1110 g/mol. The minimum Gasteiger partial charge on any atom is -0.304 e. The van der Waals surface area contributed by atoms with Gasteiger partial charge in [-0.15, -0.1) is 95.6 Å². The van der Waals surface area contributed by atoms with Crippen molar-refractivity contribution in [1.29, 1.82) is 0 Å². The van der Waals surface area contributed by atoms with Crippen LogP contribution < -0.4 is 0 Å². The molecule has 0 saturated carbocycles. The zero-order chi connectivity index (χ0) is 50.9. The largest absolute Gasteiger partial charge is 3.00 e. The Morgan fingerprint density at radius 1 is 0.260 bits per heavy atom. The molecule has 0 unspecified atom stereocenters. The van der Waals surface area contributed by atoms with Crippen LogP contribution in [0.15, 0.2) is 267 Å². The van der Waals surface area contributed by atoms with Crippen molar-refractivity contribution < 1.29 is 20.1 Å². The van der Waals surface area contributed by atoms with Crippen molar-refractivity contribution in [2.45, 2.75) is 25.7 Å². The number of hydrogen-bond acceptors (Lipinski definition) is 3. The van der Waals surface area contributed by atoms with E-state index in [1.807, 2.05) is 48.8 Å². The van der Waals surface area contributed by atoms with E-state index in [2.05, 4.69) is 237 Å². The molecule has 0 atom stereocenters. The maximum atomic E-state index is 5.31. The average Bonchev–Trinajstić information content (AvgIpc) is 3.52. The van der Waals surface area contributed by atoms with E-state index in [9.17, 15) is 0 Å². The predicted molar refractivity (Wildman–Crippen MR) is 313 cm³/mol. The van der Waals surface area contributed by atoms with Crippen molar-refractivity contribution >= 4 is 0 Å². The van der Waals surface area contributed by atoms with Gasteiger partial charge in [-0.05, 0) is 110 Å². The van der Waals surface area contributed by atoms with E-state index in [0.29, 0.717) is 0 Å². The summed E-state index contributed by atoms with van der Waals surface area (Å²) in [6.07, 6.45) is 9.57. The monoisotopic (exact) mass is 1160 g/mol. The second-order valence-corrected chi connectivity index (χ2v) is 19.2. The van der Waals surface area contributed by atoms with E-state index in [4.69, 9.17) is 15.0 Å². The van der Waals surface area contributed by atoms with Gasteiger partial charge in [-0.2, -0.15) is 0 Å². The molecule has 0 aliphatic rings. The minimum atomic E-state index is 0. The van der Waals surface area contributed by atoms with Crippen LogP contribution in [0.1, 0.15) is 22.3 Å². The van der Waals surface area contributed by atoms with Crippen molar-refractivity contribution in [2.75, 3.05) is 0 Å². The predicted octanol–water partition coefficient (Wildman–Crippen LogP) is 17.8. The average molecular weight is 1160 g/mol. The number of benzene rings is 9. The molecule has 77 heavy (non-hydrogen) atoms. The Kier molecular flexibility index (Phi) is 15.5. The molecule has 3 heterocycles. The first-order valence-electron chi connectivity index (χ1n) is 26.0. The molecule has 4 heteroatoms. The Morgan fingerprint density at radius 3 is 1.26 bits per heavy atom. The van der Waals surface area contributed by atoms with Gasteiger partial charge in [0, 0.05) is 24.2 Å². The van der Waals surface area contributed by atoms with Crippen molar-refractivity contribution in [3.05, 3.63) is 308 Å². The number of nitrogens with zero attached hydrogens (tertiary/aromatic N) is 3. The molecule has 9 aromatic carbocycles. The molecular formula is C73H52IrN3. The van der Waals surface area contributed by atoms with Crippen LogP contribution in [0.2, 0.25) is 0 Å². The zero-order valence-electron chi connectivity index (χ0n) is 42.4. The van der Waals surface area contributed by atoms with Gasteiger partial charge in [-0.25, -0.2) is 0 Å². The molecule has 0 saturated heterocycles. The van der Waals surface area contributed by atoms with E-state index in [1.54, 1.807) is 0 Å². The Hall–Kier alpha value is -8.92. The summed E-state index contributed by atoms with van der Waals surface area (Å²) in [5.41, 5.74) is 24.3. The van der Waals surface area contributed by atoms with Crippen LogP contribution in [-0.4, -0.2) is 15.0 Å². The maximum absolute atomic E-state index is 5.31. The third kappa shape index (κ3) is 11.7. The summed E-state index contributed by atoms with van der Waals surface area (Å²) in [7, 11) is 0. The Morgan fingerprint density at radius 2 is 0.714 bits per heavy atom. The van der Waals surface area contributed by atoms with Crippen LogP contribution in [0, 0.1) is 18.2 Å². The van der Waals surface area contributed by atoms with Crippen LogP contribution >= 0.6 is 0 Å². The molecule has 0 fully saturated rings. The van der Waals surface area contributed by atoms with Gasteiger partial charge < -0.3 is 15.0 Å². The number of aromatic nitrogens is 3. The third-order valence-corrected chi connectivity index (χ3v) is 14.2. The molecule has 368 valence electrons. The summed E-state index contributed by atoms with van der Waals surface area (Å²) in [6, 6.07) is 98.3. The van der Waals surface area contributed by atoms with Gasteiger partial charge in [0.15, 0.2) is 0 Å². The van der Waals surface area contributed by atoms with Gasteiger partial charge in [0.1, 0.15) is 0 Å². The van der Waals surface area contributed by atoms with Crippen LogP contribution in [0.25, 0.3) is 101 Å². The quantitative estimate of drug-likeness (QED) is 0.0960. The van der Waals surface area contributed by atoms with Gasteiger partial charge in [0.25, 0.3) is 0 Å². The fourth-order valence-electron chi connectivity index (χ4n) is 10.2. The van der Waals surface area contributed by atoms with Gasteiger partial charge in [0.2, 0.25) is 0 Å². The van der Waals surface area contributed by atoms with Crippen LogP contribution in [0.3, 0.4) is 0 Å². The van der Waals surface area contributed by atoms with Crippen LogP contribution in [-0.2, 0) is 45.8 Å². The van der Waals surface area contributed by atoms with Crippen LogP contribution in [0.5, 0.6) is 0 Å². The molecule has 0 amide bonds. The van der Waals surface area contributed by atoms with Crippen molar-refractivity contribution in [2.24, 2.45) is 0 Å².